The molecule has 5 aliphatic rings. The molecule has 2 saturated carbocycles. The van der Waals surface area contributed by atoms with Gasteiger partial charge in [0.15, 0.2) is 28.7 Å². The summed E-state index contributed by atoms with van der Waals surface area (Å²) in [5.41, 5.74) is 4.88. The highest BCUT2D eigenvalue weighted by molar-refractivity contribution is 6.07. The van der Waals surface area contributed by atoms with Crippen LogP contribution >= 0.6 is 0 Å². The minimum Gasteiger partial charge on any atom is -0.493 e. The number of methoxy groups -OCH3 is 2. The summed E-state index contributed by atoms with van der Waals surface area (Å²) in [6.07, 6.45) is 9.10. The summed E-state index contributed by atoms with van der Waals surface area (Å²) in [7, 11) is 3.20. The zero-order valence-electron chi connectivity index (χ0n) is 36.8. The number of rotatable bonds is 13. The maximum atomic E-state index is 14.5. The molecule has 3 aliphatic heterocycles. The van der Waals surface area contributed by atoms with Gasteiger partial charge in [0.05, 0.1) is 55.3 Å². The van der Waals surface area contributed by atoms with E-state index in [1.54, 1.807) is 48.4 Å². The molecule has 0 radical (unpaired) electrons. The first-order valence-electron chi connectivity index (χ1n) is 22.6. The van der Waals surface area contributed by atoms with Crippen molar-refractivity contribution < 1.29 is 42.8 Å². The third-order valence-electron chi connectivity index (χ3n) is 13.3. The molecule has 3 fully saturated rings. The number of amides is 3. The lowest BCUT2D eigenvalue weighted by molar-refractivity contribution is -0.143. The zero-order chi connectivity index (χ0) is 45.3. The van der Waals surface area contributed by atoms with Crippen LogP contribution in [0.2, 0.25) is 0 Å². The van der Waals surface area contributed by atoms with E-state index in [1.165, 1.54) is 12.5 Å². The number of hydrazone groups is 1. The van der Waals surface area contributed by atoms with Crippen LogP contribution in [0.3, 0.4) is 0 Å². The fraction of sp³-hybridized carbons (Fsp3) is 0.408. The Morgan fingerprint density at radius 2 is 1.68 bits per heavy atom. The van der Waals surface area contributed by atoms with Gasteiger partial charge in [0.2, 0.25) is 18.6 Å². The molecule has 10 rings (SSSR count). The van der Waals surface area contributed by atoms with Crippen molar-refractivity contribution in [2.45, 2.75) is 69.9 Å². The monoisotopic (exact) mass is 894 g/mol. The van der Waals surface area contributed by atoms with Crippen molar-refractivity contribution >= 4 is 34.7 Å². The zero-order valence-corrected chi connectivity index (χ0v) is 36.8. The Labute approximate surface area is 381 Å². The van der Waals surface area contributed by atoms with Gasteiger partial charge in [-0.25, -0.2) is 19.8 Å². The molecule has 17 nitrogen and oxygen atoms in total. The van der Waals surface area contributed by atoms with Gasteiger partial charge in [-0.2, -0.15) is 10.4 Å². The summed E-state index contributed by atoms with van der Waals surface area (Å²) >= 11 is 0. The molecule has 5 heterocycles. The van der Waals surface area contributed by atoms with Gasteiger partial charge in [-0.3, -0.25) is 9.59 Å². The average molecular weight is 895 g/mol. The highest BCUT2D eigenvalue weighted by Crippen LogP contribution is 2.49. The van der Waals surface area contributed by atoms with Gasteiger partial charge in [-0.15, -0.1) is 0 Å². The molecule has 0 spiro atoms. The van der Waals surface area contributed by atoms with Crippen molar-refractivity contribution in [2.75, 3.05) is 40.7 Å². The minimum absolute atomic E-state index is 0.00749. The topological polar surface area (TPSA) is 203 Å². The molecular weight excluding hydrogens is 845 g/mol. The molecule has 0 unspecified atom stereocenters. The molecule has 5 aromatic rings. The Kier molecular flexibility index (Phi) is 11.8. The number of H-pyrrole nitrogens is 1. The van der Waals surface area contributed by atoms with Crippen molar-refractivity contribution in [3.63, 3.8) is 0 Å². The van der Waals surface area contributed by atoms with Crippen molar-refractivity contribution in [3.8, 4) is 51.8 Å². The number of fused-ring (bicyclic) bond motifs is 3. The van der Waals surface area contributed by atoms with Crippen molar-refractivity contribution in [3.05, 3.63) is 83.8 Å². The number of benzene rings is 3. The van der Waals surface area contributed by atoms with E-state index in [-0.39, 0.29) is 48.7 Å². The van der Waals surface area contributed by atoms with E-state index in [4.69, 9.17) is 33.5 Å². The van der Waals surface area contributed by atoms with E-state index in [0.29, 0.717) is 95.1 Å². The van der Waals surface area contributed by atoms with E-state index in [2.05, 4.69) is 26.3 Å². The molecule has 0 bridgehead atoms. The number of piperidine rings is 1. The number of nitrogens with one attached hydrogen (secondary N) is 2. The molecule has 2 aliphatic carbocycles. The van der Waals surface area contributed by atoms with Crippen LogP contribution in [0, 0.1) is 29.1 Å². The first kappa shape index (κ1) is 42.6. The quantitative estimate of drug-likeness (QED) is 0.126. The first-order chi connectivity index (χ1) is 32.3. The lowest BCUT2D eigenvalue weighted by Crippen LogP contribution is -2.56. The van der Waals surface area contributed by atoms with Gasteiger partial charge in [0.1, 0.15) is 29.3 Å². The molecular formula is C49H50N8O9. The van der Waals surface area contributed by atoms with Crippen LogP contribution in [0.5, 0.6) is 34.5 Å². The lowest BCUT2D eigenvalue weighted by atomic mass is 9.73. The average Bonchev–Trinajstić information content (AvgIpc) is 3.91. The van der Waals surface area contributed by atoms with Crippen LogP contribution in [0.15, 0.2) is 72.2 Å². The van der Waals surface area contributed by atoms with Crippen LogP contribution in [0.1, 0.15) is 68.1 Å². The van der Waals surface area contributed by atoms with Crippen LogP contribution < -0.4 is 33.7 Å². The molecule has 2 N–H and O–H groups in total. The molecule has 3 atom stereocenters. The Morgan fingerprint density at radius 1 is 0.909 bits per heavy atom. The van der Waals surface area contributed by atoms with Gasteiger partial charge >= 0.3 is 6.09 Å². The Balaban J connectivity index is 0.869. The predicted molar refractivity (Wildman–Crippen MR) is 239 cm³/mol. The number of likely N-dealkylation sites (tertiary alicyclic amines) is 1. The largest absolute Gasteiger partial charge is 0.493 e. The van der Waals surface area contributed by atoms with E-state index in [1.807, 2.05) is 30.3 Å². The fourth-order valence-corrected chi connectivity index (χ4v) is 9.64. The number of hydrogen-bond donors (Lipinski definition) is 2. The standard InChI is InChI=1S/C49H50N8O9/c1-61-36-14-13-31(22-39(36)62-2)42-33-5-3-4-6-34(33)47(58)57(55-42)32-17-19-56(20-18-32)48(59)35(21-28-7-9-29(23-50)10-8-28)54-49(60)66-40-24-51-45-43(40)52-26-53-44(45)41-37(63-25-30-11-12-30)15-16-38-46(41)65-27-64-38/h7-10,13-16,22,24,26,30,32-35,51H,3-6,11-12,17-21,25,27H2,1-2H3,(H,54,60)/t33-,34+,35+/m0/s1. The highest BCUT2D eigenvalue weighted by Gasteiger charge is 2.44. The lowest BCUT2D eigenvalue weighted by Gasteiger charge is -2.43. The third kappa shape index (κ3) is 8.38. The number of carbonyl (C=O) groups excluding carboxylic acids is 3. The molecule has 340 valence electrons. The molecule has 17 heteroatoms. The number of carbonyl (C=O) groups is 3. The first-order valence-corrected chi connectivity index (χ1v) is 22.6. The molecule has 2 aromatic heterocycles. The Hall–Kier alpha value is -7.35. The molecule has 3 aromatic carbocycles. The van der Waals surface area contributed by atoms with Crippen LogP contribution in [-0.4, -0.2) is 101 Å². The van der Waals surface area contributed by atoms with Crippen molar-refractivity contribution in [1.29, 1.82) is 5.26 Å². The maximum Gasteiger partial charge on any atom is 0.413 e. The number of hydrogen-bond acceptors (Lipinski definition) is 13. The van der Waals surface area contributed by atoms with Crippen LogP contribution in [0.4, 0.5) is 4.79 Å². The normalized spacial score (nSPS) is 19.7. The van der Waals surface area contributed by atoms with E-state index >= 15 is 0 Å². The third-order valence-corrected chi connectivity index (χ3v) is 13.3. The predicted octanol–water partition coefficient (Wildman–Crippen LogP) is 6.77. The second-order valence-electron chi connectivity index (χ2n) is 17.4. The van der Waals surface area contributed by atoms with Crippen molar-refractivity contribution in [2.24, 2.45) is 22.9 Å². The molecule has 1 saturated heterocycles. The number of aromatic nitrogens is 3. The summed E-state index contributed by atoms with van der Waals surface area (Å²) in [6.45, 7) is 1.31. The van der Waals surface area contributed by atoms with E-state index in [0.717, 1.165) is 55.4 Å². The van der Waals surface area contributed by atoms with E-state index in [9.17, 15) is 19.6 Å². The maximum absolute atomic E-state index is 14.5. The number of aromatic amines is 1. The fourth-order valence-electron chi connectivity index (χ4n) is 9.64. The van der Waals surface area contributed by atoms with Crippen LogP contribution in [-0.2, 0) is 16.0 Å². The molecule has 3 amide bonds. The minimum atomic E-state index is -1.03. The van der Waals surface area contributed by atoms with Gasteiger partial charge in [-0.05, 0) is 92.5 Å². The summed E-state index contributed by atoms with van der Waals surface area (Å²) in [5.74, 6) is 3.05. The number of ether oxygens (including phenoxy) is 6. The van der Waals surface area contributed by atoms with E-state index < -0.39 is 12.1 Å². The van der Waals surface area contributed by atoms with Gasteiger partial charge in [0.25, 0.3) is 0 Å². The SMILES string of the molecule is COc1ccc(C2=NN(C3CCN(C(=O)[C@@H](Cc4ccc(C#N)cc4)NC(=O)Oc4c[nH]c5c(-c6c(OCC7CC7)ccc7c6OCO7)ncnc45)CC3)C(=O)[C@@H]3CCCC[C@H]23)cc1OC. The summed E-state index contributed by atoms with van der Waals surface area (Å²) in [6, 6.07) is 17.2. The summed E-state index contributed by atoms with van der Waals surface area (Å²) < 4.78 is 34.8. The summed E-state index contributed by atoms with van der Waals surface area (Å²) in [4.78, 5) is 56.5. The summed E-state index contributed by atoms with van der Waals surface area (Å²) in [5, 5.41) is 19.0. The Bertz CT molecular complexity index is 2740. The smallest absolute Gasteiger partial charge is 0.413 e. The Morgan fingerprint density at radius 3 is 2.44 bits per heavy atom. The number of nitrogens with zero attached hydrogens (tertiary/aromatic N) is 6. The van der Waals surface area contributed by atoms with Gasteiger partial charge < -0.3 is 43.6 Å². The number of nitriles is 1. The second-order valence-corrected chi connectivity index (χ2v) is 17.4. The van der Waals surface area contributed by atoms with Gasteiger partial charge in [0, 0.05) is 43.1 Å². The van der Waals surface area contributed by atoms with Gasteiger partial charge in [-0.1, -0.05) is 25.0 Å². The highest BCUT2D eigenvalue weighted by atomic mass is 16.7. The van der Waals surface area contributed by atoms with Crippen LogP contribution in [0.25, 0.3) is 22.3 Å². The van der Waals surface area contributed by atoms with Crippen molar-refractivity contribution in [1.82, 2.24) is 30.2 Å². The molecule has 66 heavy (non-hydrogen) atoms. The second kappa shape index (κ2) is 18.3.